The highest BCUT2D eigenvalue weighted by atomic mass is 16.5. The van der Waals surface area contributed by atoms with Gasteiger partial charge < -0.3 is 20.3 Å². The number of amides is 1. The van der Waals surface area contributed by atoms with Crippen molar-refractivity contribution in [2.24, 2.45) is 0 Å². The van der Waals surface area contributed by atoms with Crippen molar-refractivity contribution in [3.05, 3.63) is 0 Å². The fourth-order valence-corrected chi connectivity index (χ4v) is 12.8. The van der Waals surface area contributed by atoms with E-state index in [0.29, 0.717) is 25.9 Å². The van der Waals surface area contributed by atoms with Crippen LogP contribution >= 0.6 is 0 Å². The second-order valence-electron chi connectivity index (χ2n) is 27.1. The number of aliphatic hydroxyl groups excluding tert-OH is 2. The summed E-state index contributed by atoms with van der Waals surface area (Å²) in [6.45, 7) is 5.02. The van der Waals surface area contributed by atoms with E-state index in [-0.39, 0.29) is 18.5 Å². The van der Waals surface area contributed by atoms with Crippen molar-refractivity contribution in [1.82, 2.24) is 5.32 Å². The van der Waals surface area contributed by atoms with Crippen LogP contribution in [-0.4, -0.2) is 47.4 Å². The van der Waals surface area contributed by atoms with E-state index in [2.05, 4.69) is 19.2 Å². The van der Waals surface area contributed by atoms with E-state index < -0.39 is 12.1 Å². The van der Waals surface area contributed by atoms with Gasteiger partial charge in [0.1, 0.15) is 0 Å². The summed E-state index contributed by atoms with van der Waals surface area (Å²) in [4.78, 5) is 24.7. The van der Waals surface area contributed by atoms with Crippen LogP contribution < -0.4 is 5.32 Å². The Morgan fingerprint density at radius 3 is 0.735 bits per heavy atom. The Kier molecular flexibility index (Phi) is 72.3. The molecule has 0 saturated carbocycles. The van der Waals surface area contributed by atoms with Crippen molar-refractivity contribution in [3.8, 4) is 0 Å². The Balaban J connectivity index is 3.34. The van der Waals surface area contributed by atoms with E-state index in [1.807, 2.05) is 0 Å². The number of hydrogen-bond donors (Lipinski definition) is 3. The minimum atomic E-state index is -0.664. The smallest absolute Gasteiger partial charge is 0.305 e. The average Bonchev–Trinajstić information content (AvgIpc) is 3.49. The van der Waals surface area contributed by atoms with Crippen LogP contribution in [0.2, 0.25) is 0 Å². The van der Waals surface area contributed by atoms with Gasteiger partial charge in [-0.2, -0.15) is 0 Å². The first kappa shape index (κ1) is 81.9. The highest BCUT2D eigenvalue weighted by Crippen LogP contribution is 2.20. The lowest BCUT2D eigenvalue weighted by Gasteiger charge is -2.22. The summed E-state index contributed by atoms with van der Waals surface area (Å²) in [5.41, 5.74) is 0. The molecule has 2 atom stereocenters. The van der Waals surface area contributed by atoms with Gasteiger partial charge in [-0.1, -0.05) is 418 Å². The second kappa shape index (κ2) is 73.3. The fourth-order valence-electron chi connectivity index (χ4n) is 12.8. The predicted molar refractivity (Wildman–Crippen MR) is 366 cm³/mol. The molecule has 0 rings (SSSR count). The first-order valence-corrected chi connectivity index (χ1v) is 38.8. The Hall–Kier alpha value is -1.14. The normalized spacial score (nSPS) is 12.4. The number of nitrogens with one attached hydrogen (secondary N) is 1. The first-order chi connectivity index (χ1) is 41.0. The van der Waals surface area contributed by atoms with Gasteiger partial charge in [-0.15, -0.1) is 0 Å². The van der Waals surface area contributed by atoms with Gasteiger partial charge in [0, 0.05) is 12.8 Å². The van der Waals surface area contributed by atoms with Crippen LogP contribution in [0.25, 0.3) is 0 Å². The number of hydrogen-bond acceptors (Lipinski definition) is 5. The summed E-state index contributed by atoms with van der Waals surface area (Å²) in [6.07, 6.45) is 90.3. The quantitative estimate of drug-likeness (QED) is 0.0417. The summed E-state index contributed by atoms with van der Waals surface area (Å²) in [7, 11) is 0. The molecule has 3 N–H and O–H groups in total. The lowest BCUT2D eigenvalue weighted by Crippen LogP contribution is -2.45. The summed E-state index contributed by atoms with van der Waals surface area (Å²) in [6, 6.07) is -0.541. The maximum absolute atomic E-state index is 12.6. The van der Waals surface area contributed by atoms with E-state index in [1.54, 1.807) is 0 Å². The van der Waals surface area contributed by atoms with Gasteiger partial charge in [-0.3, -0.25) is 9.59 Å². The molecule has 0 aromatic heterocycles. The monoisotopic (exact) mass is 1170 g/mol. The molecule has 0 fully saturated rings. The Morgan fingerprint density at radius 1 is 0.289 bits per heavy atom. The van der Waals surface area contributed by atoms with Crippen molar-refractivity contribution in [2.45, 2.75) is 469 Å². The van der Waals surface area contributed by atoms with E-state index in [1.165, 1.54) is 385 Å². The molecule has 0 aromatic carbocycles. The van der Waals surface area contributed by atoms with Gasteiger partial charge in [0.15, 0.2) is 0 Å². The van der Waals surface area contributed by atoms with Crippen molar-refractivity contribution in [3.63, 3.8) is 0 Å². The van der Waals surface area contributed by atoms with Crippen LogP contribution in [0, 0.1) is 0 Å². The molecule has 6 nitrogen and oxygen atoms in total. The number of aliphatic hydroxyl groups is 2. The molecule has 83 heavy (non-hydrogen) atoms. The standard InChI is InChI=1S/C77H153NO5/c1-3-5-7-9-11-13-15-17-19-21-23-24-25-28-31-34-37-41-45-49-53-57-61-65-69-75(80)74(73-79)78-76(81)70-66-62-58-54-50-46-42-38-35-32-29-26-27-30-33-36-40-44-48-52-56-60-64-68-72-83-77(82)71-67-63-59-55-51-47-43-39-22-20-18-16-14-12-10-8-6-4-2/h74-75,79-80H,3-73H2,1-2H3,(H,78,81). The SMILES string of the molecule is CCCCCCCCCCCCCCCCCCCCCCCCCCC(O)C(CO)NC(=O)CCCCCCCCCCCCCCCCCCCCCCCCCCOC(=O)CCCCCCCCCCCCCCCCCCCC. The Morgan fingerprint density at radius 2 is 0.494 bits per heavy atom. The first-order valence-electron chi connectivity index (χ1n) is 38.8. The number of carbonyl (C=O) groups is 2. The van der Waals surface area contributed by atoms with Gasteiger partial charge >= 0.3 is 5.97 Å². The average molecular weight is 1170 g/mol. The number of esters is 1. The van der Waals surface area contributed by atoms with Gasteiger partial charge in [-0.25, -0.2) is 0 Å². The van der Waals surface area contributed by atoms with Crippen molar-refractivity contribution < 1.29 is 24.5 Å². The topological polar surface area (TPSA) is 95.9 Å². The van der Waals surface area contributed by atoms with Crippen molar-refractivity contribution in [2.75, 3.05) is 13.2 Å². The maximum atomic E-state index is 12.6. The summed E-state index contributed by atoms with van der Waals surface area (Å²) in [5, 5.41) is 23.5. The Bertz CT molecular complexity index is 1210. The van der Waals surface area contributed by atoms with Crippen LogP contribution in [0.5, 0.6) is 0 Å². The van der Waals surface area contributed by atoms with E-state index in [4.69, 9.17) is 4.74 Å². The number of ether oxygens (including phenoxy) is 1. The molecule has 0 bridgehead atoms. The van der Waals surface area contributed by atoms with Crippen LogP contribution in [0.4, 0.5) is 0 Å². The number of unbranched alkanes of at least 4 members (excludes halogenated alkanes) is 63. The zero-order valence-electron chi connectivity index (χ0n) is 57.0. The van der Waals surface area contributed by atoms with Crippen LogP contribution in [0.1, 0.15) is 457 Å². The predicted octanol–water partition coefficient (Wildman–Crippen LogP) is 25.3. The van der Waals surface area contributed by atoms with Gasteiger partial charge in [0.05, 0.1) is 25.4 Å². The summed E-state index contributed by atoms with van der Waals surface area (Å²) in [5.74, 6) is -0.00554. The highest BCUT2D eigenvalue weighted by molar-refractivity contribution is 5.76. The van der Waals surface area contributed by atoms with E-state index >= 15 is 0 Å². The van der Waals surface area contributed by atoms with Crippen LogP contribution in [-0.2, 0) is 14.3 Å². The molecule has 0 aliphatic carbocycles. The number of rotatable bonds is 74. The van der Waals surface area contributed by atoms with Crippen LogP contribution in [0.3, 0.4) is 0 Å². The molecule has 0 heterocycles. The number of carbonyl (C=O) groups excluding carboxylic acids is 2. The molecule has 0 saturated heterocycles. The Labute approximate surface area is 521 Å². The summed E-state index contributed by atoms with van der Waals surface area (Å²) < 4.78 is 5.52. The largest absolute Gasteiger partial charge is 0.466 e. The molecule has 0 aliphatic heterocycles. The molecule has 496 valence electrons. The molecule has 0 aromatic rings. The zero-order valence-corrected chi connectivity index (χ0v) is 57.0. The van der Waals surface area contributed by atoms with E-state index in [9.17, 15) is 19.8 Å². The van der Waals surface area contributed by atoms with E-state index in [0.717, 1.165) is 38.5 Å². The molecule has 1 amide bonds. The molecule has 6 heteroatoms. The van der Waals surface area contributed by atoms with Crippen molar-refractivity contribution in [1.29, 1.82) is 0 Å². The van der Waals surface area contributed by atoms with Gasteiger partial charge in [0.25, 0.3) is 0 Å². The lowest BCUT2D eigenvalue weighted by atomic mass is 10.0. The fraction of sp³-hybridized carbons (Fsp3) is 0.974. The third-order valence-corrected chi connectivity index (χ3v) is 18.7. The lowest BCUT2D eigenvalue weighted by molar-refractivity contribution is -0.143. The second-order valence-corrected chi connectivity index (χ2v) is 27.1. The zero-order chi connectivity index (χ0) is 59.9. The summed E-state index contributed by atoms with van der Waals surface area (Å²) >= 11 is 0. The molecular weight excluding hydrogens is 1020 g/mol. The van der Waals surface area contributed by atoms with Gasteiger partial charge in [0.2, 0.25) is 5.91 Å². The van der Waals surface area contributed by atoms with Crippen molar-refractivity contribution >= 4 is 11.9 Å². The van der Waals surface area contributed by atoms with Crippen LogP contribution in [0.15, 0.2) is 0 Å². The molecular formula is C77H153NO5. The van der Waals surface area contributed by atoms with Gasteiger partial charge in [-0.05, 0) is 25.7 Å². The molecule has 2 unspecified atom stereocenters. The third-order valence-electron chi connectivity index (χ3n) is 18.7. The molecule has 0 radical (unpaired) electrons. The maximum Gasteiger partial charge on any atom is 0.305 e. The highest BCUT2D eigenvalue weighted by Gasteiger charge is 2.20. The minimum absolute atomic E-state index is 0.0217. The molecule has 0 aliphatic rings. The third kappa shape index (κ3) is 69.8. The minimum Gasteiger partial charge on any atom is -0.466 e. The molecule has 0 spiro atoms.